The normalized spacial score (nSPS) is 27.6. The van der Waals surface area contributed by atoms with Crippen LogP contribution in [0.3, 0.4) is 0 Å². The van der Waals surface area contributed by atoms with E-state index in [-0.39, 0.29) is 0 Å². The van der Waals surface area contributed by atoms with Gasteiger partial charge in [-0.15, -0.1) is 4.90 Å². The van der Waals surface area contributed by atoms with Crippen LogP contribution in [0.5, 0.6) is 0 Å². The van der Waals surface area contributed by atoms with Crippen LogP contribution in [0, 0.1) is 0 Å². The van der Waals surface area contributed by atoms with Crippen molar-refractivity contribution < 1.29 is 76.1 Å². The molecule has 18 heteroatoms. The number of carboxylic acids is 1. The largest absolute Gasteiger partial charge is 0.477 e. The standard InChI is InChI=1S/C8HF14NO3/c9-2(10,1(24)25)3(11,4(12,13)14)23-5(15,16)7(19,20)26-8(21,22)6(23,17)18/h(H,24,25)/t3-/m0/s1. The molecular weight excluding hydrogens is 424 g/mol. The summed E-state index contributed by atoms with van der Waals surface area (Å²) in [6.07, 6.45) is -22.0. The maximum atomic E-state index is 13.9. The fourth-order valence-electron chi connectivity index (χ4n) is 1.69. The van der Waals surface area contributed by atoms with E-state index in [4.69, 9.17) is 5.11 Å². The van der Waals surface area contributed by atoms with Gasteiger partial charge in [0.15, 0.2) is 0 Å². The summed E-state index contributed by atoms with van der Waals surface area (Å²) >= 11 is 0. The van der Waals surface area contributed by atoms with Gasteiger partial charge in [0.2, 0.25) is 0 Å². The summed E-state index contributed by atoms with van der Waals surface area (Å²) in [5, 5.41) is 7.86. The van der Waals surface area contributed by atoms with Crippen LogP contribution >= 0.6 is 0 Å². The van der Waals surface area contributed by atoms with Crippen LogP contribution in [0.15, 0.2) is 0 Å². The monoisotopic (exact) mass is 425 g/mol. The van der Waals surface area contributed by atoms with Crippen molar-refractivity contribution in [3.05, 3.63) is 0 Å². The van der Waals surface area contributed by atoms with E-state index in [2.05, 4.69) is 0 Å². The average Bonchev–Trinajstić information content (AvgIpc) is 2.33. The second-order valence-electron chi connectivity index (χ2n) is 4.55. The number of aliphatic carboxylic acids is 1. The minimum atomic E-state index is -7.94. The number of morpholine rings is 1. The highest BCUT2D eigenvalue weighted by molar-refractivity contribution is 5.77. The van der Waals surface area contributed by atoms with Gasteiger partial charge in [-0.05, 0) is 0 Å². The van der Waals surface area contributed by atoms with E-state index in [1.165, 1.54) is 0 Å². The Hall–Kier alpha value is -1.59. The highest BCUT2D eigenvalue weighted by Gasteiger charge is 2.94. The number of hydrogen-bond acceptors (Lipinski definition) is 3. The molecule has 1 saturated heterocycles. The number of rotatable bonds is 3. The average molecular weight is 425 g/mol. The molecule has 1 aliphatic rings. The molecule has 1 rings (SSSR count). The molecule has 1 aliphatic heterocycles. The van der Waals surface area contributed by atoms with Gasteiger partial charge in [-0.3, -0.25) is 0 Å². The summed E-state index contributed by atoms with van der Waals surface area (Å²) in [5.74, 6) is -19.7. The summed E-state index contributed by atoms with van der Waals surface area (Å²) in [6.45, 7) is 0. The topological polar surface area (TPSA) is 49.8 Å². The van der Waals surface area contributed by atoms with Gasteiger partial charge in [-0.25, -0.2) is 13.9 Å². The summed E-state index contributed by atoms with van der Waals surface area (Å²) in [6, 6.07) is -15.1. The zero-order chi connectivity index (χ0) is 21.4. The van der Waals surface area contributed by atoms with Crippen LogP contribution in [-0.4, -0.2) is 58.2 Å². The van der Waals surface area contributed by atoms with Crippen molar-refractivity contribution in [3.8, 4) is 0 Å². The Morgan fingerprint density at radius 1 is 0.769 bits per heavy atom. The second kappa shape index (κ2) is 5.23. The highest BCUT2D eigenvalue weighted by atomic mass is 19.4. The van der Waals surface area contributed by atoms with Gasteiger partial charge in [0.1, 0.15) is 0 Å². The fourth-order valence-corrected chi connectivity index (χ4v) is 1.69. The second-order valence-corrected chi connectivity index (χ2v) is 4.55. The minimum absolute atomic E-state index is 1.67. The summed E-state index contributed by atoms with van der Waals surface area (Å²) in [5.41, 5.74) is 0. The number of nitrogens with zero attached hydrogens (tertiary/aromatic N) is 1. The smallest absolute Gasteiger partial charge is 0.444 e. The zero-order valence-corrected chi connectivity index (χ0v) is 11.0. The molecule has 0 unspecified atom stereocenters. The van der Waals surface area contributed by atoms with Crippen molar-refractivity contribution in [3.63, 3.8) is 0 Å². The molecule has 26 heavy (non-hydrogen) atoms. The van der Waals surface area contributed by atoms with Gasteiger partial charge in [0.05, 0.1) is 0 Å². The minimum Gasteiger partial charge on any atom is -0.477 e. The van der Waals surface area contributed by atoms with E-state index in [0.29, 0.717) is 0 Å². The van der Waals surface area contributed by atoms with Gasteiger partial charge in [-0.2, -0.15) is 57.1 Å². The first kappa shape index (κ1) is 22.5. The maximum Gasteiger partial charge on any atom is 0.444 e. The van der Waals surface area contributed by atoms with E-state index in [9.17, 15) is 66.3 Å². The van der Waals surface area contributed by atoms with E-state index < -0.39 is 53.1 Å². The Labute approximate surface area is 130 Å². The maximum absolute atomic E-state index is 13.9. The predicted molar refractivity (Wildman–Crippen MR) is 45.2 cm³/mol. The molecule has 0 aromatic rings. The SMILES string of the molecule is O=C(O)C(F)(F)[C@](F)(N1C(F)(F)C(F)(F)OC(F)(F)C1(F)F)C(F)(F)F. The lowest BCUT2D eigenvalue weighted by molar-refractivity contribution is -0.594. The third kappa shape index (κ3) is 2.48. The summed E-state index contributed by atoms with van der Waals surface area (Å²) in [7, 11) is 0. The van der Waals surface area contributed by atoms with Gasteiger partial charge < -0.3 is 5.11 Å². The molecule has 1 N–H and O–H groups in total. The molecule has 0 aromatic carbocycles. The molecule has 1 fully saturated rings. The van der Waals surface area contributed by atoms with Gasteiger partial charge >= 0.3 is 48.2 Å². The fraction of sp³-hybridized carbons (Fsp3) is 0.875. The van der Waals surface area contributed by atoms with Crippen molar-refractivity contribution in [2.24, 2.45) is 0 Å². The molecule has 1 atom stereocenters. The van der Waals surface area contributed by atoms with Crippen LogP contribution in [0.4, 0.5) is 61.5 Å². The Balaban J connectivity index is 4.01. The summed E-state index contributed by atoms with van der Waals surface area (Å²) in [4.78, 5) is 5.84. The van der Waals surface area contributed by atoms with Gasteiger partial charge in [-0.1, -0.05) is 0 Å². The first-order chi connectivity index (χ1) is 11.0. The van der Waals surface area contributed by atoms with Crippen LogP contribution in [0.2, 0.25) is 0 Å². The third-order valence-electron chi connectivity index (χ3n) is 2.89. The molecule has 154 valence electrons. The Morgan fingerprint density at radius 3 is 1.31 bits per heavy atom. The predicted octanol–water partition coefficient (Wildman–Crippen LogP) is 3.64. The number of halogens is 14. The van der Waals surface area contributed by atoms with Crippen molar-refractivity contribution in [2.75, 3.05) is 0 Å². The lowest BCUT2D eigenvalue weighted by Crippen LogP contribution is -2.84. The van der Waals surface area contributed by atoms with Crippen molar-refractivity contribution in [1.29, 1.82) is 0 Å². The number of carbonyl (C=O) groups is 1. The zero-order valence-electron chi connectivity index (χ0n) is 11.0. The molecule has 0 amide bonds. The lowest BCUT2D eigenvalue weighted by atomic mass is 10.0. The molecule has 4 nitrogen and oxygen atoms in total. The Morgan fingerprint density at radius 2 is 1.08 bits per heavy atom. The van der Waals surface area contributed by atoms with Crippen LogP contribution in [0.25, 0.3) is 0 Å². The van der Waals surface area contributed by atoms with Crippen molar-refractivity contribution in [2.45, 2.75) is 42.2 Å². The highest BCUT2D eigenvalue weighted by Crippen LogP contribution is 2.63. The van der Waals surface area contributed by atoms with Crippen molar-refractivity contribution >= 4 is 5.97 Å². The number of ether oxygens (including phenoxy) is 1. The quantitative estimate of drug-likeness (QED) is 0.555. The van der Waals surface area contributed by atoms with Crippen LogP contribution in [-0.2, 0) is 9.53 Å². The molecule has 1 heterocycles. The first-order valence-electron chi connectivity index (χ1n) is 5.40. The lowest BCUT2D eigenvalue weighted by Gasteiger charge is -2.52. The first-order valence-corrected chi connectivity index (χ1v) is 5.40. The van der Waals surface area contributed by atoms with E-state index in [0.717, 1.165) is 0 Å². The van der Waals surface area contributed by atoms with Gasteiger partial charge in [0.25, 0.3) is 0 Å². The Bertz CT molecular complexity index is 573. The number of alkyl halides is 14. The van der Waals surface area contributed by atoms with Crippen LogP contribution in [0.1, 0.15) is 0 Å². The molecule has 0 aliphatic carbocycles. The van der Waals surface area contributed by atoms with E-state index in [1.54, 1.807) is 4.74 Å². The van der Waals surface area contributed by atoms with Crippen LogP contribution < -0.4 is 0 Å². The van der Waals surface area contributed by atoms with Gasteiger partial charge in [0, 0.05) is 0 Å². The third-order valence-corrected chi connectivity index (χ3v) is 2.89. The summed E-state index contributed by atoms with van der Waals surface area (Å²) < 4.78 is 184. The molecule has 0 aromatic heterocycles. The molecule has 0 saturated carbocycles. The van der Waals surface area contributed by atoms with E-state index >= 15 is 0 Å². The molecule has 0 spiro atoms. The van der Waals surface area contributed by atoms with Crippen molar-refractivity contribution in [1.82, 2.24) is 4.90 Å². The number of hydrogen-bond donors (Lipinski definition) is 1. The van der Waals surface area contributed by atoms with E-state index in [1.807, 2.05) is 0 Å². The molecule has 0 bridgehead atoms. The Kier molecular flexibility index (Phi) is 4.52. The number of carboxylic acid groups (broad SMARTS) is 1. The molecule has 0 radical (unpaired) electrons. The molecular formula is C8HF14NO3.